The third-order valence-corrected chi connectivity index (χ3v) is 3.48. The number of aromatic nitrogens is 1. The molecule has 102 valence electrons. The molecule has 0 bridgehead atoms. The Morgan fingerprint density at radius 1 is 1.30 bits per heavy atom. The van der Waals surface area contributed by atoms with Gasteiger partial charge in [-0.15, -0.1) is 0 Å². The number of methoxy groups -OCH3 is 1. The van der Waals surface area contributed by atoms with Crippen LogP contribution in [0.4, 0.5) is 0 Å². The molecule has 20 heavy (non-hydrogen) atoms. The van der Waals surface area contributed by atoms with Gasteiger partial charge in [0.05, 0.1) is 24.1 Å². The standard InChI is InChI=1S/C16H15NO3/c1-20-12-4-2-3-11(9-12)14-8-7-13(16(18)19)15(17-14)10-5-6-10/h2-4,7-10H,5-6H2,1H3,(H,18,19). The van der Waals surface area contributed by atoms with E-state index in [9.17, 15) is 9.90 Å². The summed E-state index contributed by atoms with van der Waals surface area (Å²) in [6, 6.07) is 11.0. The molecule has 1 aromatic carbocycles. The lowest BCUT2D eigenvalue weighted by atomic mass is 10.1. The summed E-state index contributed by atoms with van der Waals surface area (Å²) in [5, 5.41) is 9.23. The highest BCUT2D eigenvalue weighted by molar-refractivity contribution is 5.89. The molecule has 1 aromatic heterocycles. The normalized spacial score (nSPS) is 14.1. The Kier molecular flexibility index (Phi) is 3.14. The highest BCUT2D eigenvalue weighted by Gasteiger charge is 2.30. The first-order valence-electron chi connectivity index (χ1n) is 6.57. The second kappa shape index (κ2) is 4.96. The molecule has 1 aliphatic rings. The van der Waals surface area contributed by atoms with E-state index in [1.54, 1.807) is 19.2 Å². The Labute approximate surface area is 117 Å². The number of nitrogens with zero attached hydrogens (tertiary/aromatic N) is 1. The zero-order valence-electron chi connectivity index (χ0n) is 11.2. The molecule has 1 heterocycles. The van der Waals surface area contributed by atoms with Crippen molar-refractivity contribution in [3.63, 3.8) is 0 Å². The van der Waals surface area contributed by atoms with E-state index < -0.39 is 5.97 Å². The average molecular weight is 269 g/mol. The summed E-state index contributed by atoms with van der Waals surface area (Å²) in [6.45, 7) is 0. The Morgan fingerprint density at radius 2 is 2.10 bits per heavy atom. The predicted octanol–water partition coefficient (Wildman–Crippen LogP) is 3.33. The Hall–Kier alpha value is -2.36. The average Bonchev–Trinajstić information content (AvgIpc) is 3.31. The van der Waals surface area contributed by atoms with Crippen molar-refractivity contribution in [2.45, 2.75) is 18.8 Å². The van der Waals surface area contributed by atoms with Crippen molar-refractivity contribution in [1.29, 1.82) is 0 Å². The van der Waals surface area contributed by atoms with Gasteiger partial charge in [-0.05, 0) is 37.1 Å². The number of pyridine rings is 1. The molecular weight excluding hydrogens is 254 g/mol. The molecular formula is C16H15NO3. The first kappa shape index (κ1) is 12.7. The van der Waals surface area contributed by atoms with Crippen molar-refractivity contribution in [2.75, 3.05) is 7.11 Å². The predicted molar refractivity (Wildman–Crippen MR) is 75.2 cm³/mol. The molecule has 1 saturated carbocycles. The monoisotopic (exact) mass is 269 g/mol. The SMILES string of the molecule is COc1cccc(-c2ccc(C(=O)O)c(C3CC3)n2)c1. The largest absolute Gasteiger partial charge is 0.497 e. The van der Waals surface area contributed by atoms with Gasteiger partial charge in [0.1, 0.15) is 5.75 Å². The Bertz CT molecular complexity index is 663. The zero-order chi connectivity index (χ0) is 14.1. The second-order valence-electron chi connectivity index (χ2n) is 4.94. The van der Waals surface area contributed by atoms with Crippen LogP contribution in [0.2, 0.25) is 0 Å². The summed E-state index contributed by atoms with van der Waals surface area (Å²) in [5.74, 6) is 0.155. The third kappa shape index (κ3) is 2.37. The lowest BCUT2D eigenvalue weighted by molar-refractivity contribution is 0.0695. The van der Waals surface area contributed by atoms with Crippen LogP contribution in [-0.2, 0) is 0 Å². The molecule has 1 N–H and O–H groups in total. The number of carbonyl (C=O) groups is 1. The van der Waals surface area contributed by atoms with Gasteiger partial charge in [0.2, 0.25) is 0 Å². The number of ether oxygens (including phenoxy) is 1. The minimum Gasteiger partial charge on any atom is -0.497 e. The Balaban J connectivity index is 2.05. The van der Waals surface area contributed by atoms with E-state index in [0.29, 0.717) is 17.2 Å². The highest BCUT2D eigenvalue weighted by atomic mass is 16.5. The van der Waals surface area contributed by atoms with E-state index in [0.717, 1.165) is 29.8 Å². The van der Waals surface area contributed by atoms with Gasteiger partial charge in [-0.3, -0.25) is 4.98 Å². The van der Waals surface area contributed by atoms with Gasteiger partial charge in [-0.2, -0.15) is 0 Å². The molecule has 2 aromatic rings. The van der Waals surface area contributed by atoms with Gasteiger partial charge in [0.25, 0.3) is 0 Å². The molecule has 0 radical (unpaired) electrons. The van der Waals surface area contributed by atoms with Crippen LogP contribution in [0, 0.1) is 0 Å². The lowest BCUT2D eigenvalue weighted by Crippen LogP contribution is -2.04. The first-order valence-corrected chi connectivity index (χ1v) is 6.57. The Morgan fingerprint density at radius 3 is 2.75 bits per heavy atom. The first-order chi connectivity index (χ1) is 9.69. The van der Waals surface area contributed by atoms with Crippen LogP contribution >= 0.6 is 0 Å². The maximum absolute atomic E-state index is 11.2. The lowest BCUT2D eigenvalue weighted by Gasteiger charge is -2.08. The van der Waals surface area contributed by atoms with Crippen molar-refractivity contribution in [2.24, 2.45) is 0 Å². The number of aromatic carboxylic acids is 1. The number of hydrogen-bond acceptors (Lipinski definition) is 3. The van der Waals surface area contributed by atoms with Crippen LogP contribution in [0.25, 0.3) is 11.3 Å². The maximum Gasteiger partial charge on any atom is 0.337 e. The van der Waals surface area contributed by atoms with E-state index in [1.807, 2.05) is 24.3 Å². The van der Waals surface area contributed by atoms with Gasteiger partial charge < -0.3 is 9.84 Å². The summed E-state index contributed by atoms with van der Waals surface area (Å²) < 4.78 is 5.21. The zero-order valence-corrected chi connectivity index (χ0v) is 11.2. The van der Waals surface area contributed by atoms with E-state index in [4.69, 9.17) is 4.74 Å². The number of rotatable bonds is 4. The molecule has 0 saturated heterocycles. The van der Waals surface area contributed by atoms with Gasteiger partial charge in [0.15, 0.2) is 0 Å². The molecule has 0 atom stereocenters. The topological polar surface area (TPSA) is 59.4 Å². The molecule has 0 aliphatic heterocycles. The number of carboxylic acids is 1. The van der Waals surface area contributed by atoms with Gasteiger partial charge in [0, 0.05) is 11.5 Å². The quantitative estimate of drug-likeness (QED) is 0.924. The smallest absolute Gasteiger partial charge is 0.337 e. The van der Waals surface area contributed by atoms with Crippen LogP contribution in [0.3, 0.4) is 0 Å². The molecule has 1 fully saturated rings. The van der Waals surface area contributed by atoms with Crippen molar-refractivity contribution in [3.8, 4) is 17.0 Å². The number of carboxylic acid groups (broad SMARTS) is 1. The summed E-state index contributed by atoms with van der Waals surface area (Å²) >= 11 is 0. The van der Waals surface area contributed by atoms with Crippen LogP contribution in [0.5, 0.6) is 5.75 Å². The van der Waals surface area contributed by atoms with Crippen LogP contribution in [0.15, 0.2) is 36.4 Å². The van der Waals surface area contributed by atoms with E-state index in [1.165, 1.54) is 0 Å². The number of hydrogen-bond donors (Lipinski definition) is 1. The summed E-state index contributed by atoms with van der Waals surface area (Å²) in [6.07, 6.45) is 2.05. The molecule has 0 amide bonds. The fourth-order valence-corrected chi connectivity index (χ4v) is 2.27. The molecule has 3 rings (SSSR count). The molecule has 0 spiro atoms. The van der Waals surface area contributed by atoms with Gasteiger partial charge in [-0.1, -0.05) is 12.1 Å². The third-order valence-electron chi connectivity index (χ3n) is 3.48. The van der Waals surface area contributed by atoms with Crippen LogP contribution in [0.1, 0.15) is 34.8 Å². The fraction of sp³-hybridized carbons (Fsp3) is 0.250. The minimum atomic E-state index is -0.906. The molecule has 4 heteroatoms. The maximum atomic E-state index is 11.2. The van der Waals surface area contributed by atoms with Crippen LogP contribution < -0.4 is 4.74 Å². The molecule has 0 unspecified atom stereocenters. The van der Waals surface area contributed by atoms with Crippen molar-refractivity contribution in [1.82, 2.24) is 4.98 Å². The fourth-order valence-electron chi connectivity index (χ4n) is 2.27. The van der Waals surface area contributed by atoms with E-state index >= 15 is 0 Å². The minimum absolute atomic E-state index is 0.298. The van der Waals surface area contributed by atoms with Gasteiger partial charge >= 0.3 is 5.97 Å². The second-order valence-corrected chi connectivity index (χ2v) is 4.94. The molecule has 4 nitrogen and oxygen atoms in total. The van der Waals surface area contributed by atoms with Gasteiger partial charge in [-0.25, -0.2) is 4.79 Å². The van der Waals surface area contributed by atoms with E-state index in [2.05, 4.69) is 4.98 Å². The van der Waals surface area contributed by atoms with Crippen LogP contribution in [-0.4, -0.2) is 23.2 Å². The van der Waals surface area contributed by atoms with Crippen molar-refractivity contribution < 1.29 is 14.6 Å². The van der Waals surface area contributed by atoms with E-state index in [-0.39, 0.29) is 0 Å². The highest BCUT2D eigenvalue weighted by Crippen LogP contribution is 2.41. The summed E-state index contributed by atoms with van der Waals surface area (Å²) in [5.41, 5.74) is 2.75. The number of benzene rings is 1. The summed E-state index contributed by atoms with van der Waals surface area (Å²) in [4.78, 5) is 15.8. The molecule has 1 aliphatic carbocycles. The van der Waals surface area contributed by atoms with Crippen molar-refractivity contribution >= 4 is 5.97 Å². The van der Waals surface area contributed by atoms with Crippen molar-refractivity contribution in [3.05, 3.63) is 47.7 Å². The summed E-state index contributed by atoms with van der Waals surface area (Å²) in [7, 11) is 1.62.